The lowest BCUT2D eigenvalue weighted by Gasteiger charge is -2.69. The predicted molar refractivity (Wildman–Crippen MR) is 249 cm³/mol. The minimum Gasteiger partial charge on any atom is -0.462 e. The van der Waals surface area contributed by atoms with E-state index in [1.165, 1.54) is 17.6 Å². The zero-order valence-electron chi connectivity index (χ0n) is 41.7. The molecular formula is C54H92O8. The minimum atomic E-state index is -1.45. The first-order valence-electron chi connectivity index (χ1n) is 25.8. The molecule has 0 unspecified atom stereocenters. The smallest absolute Gasteiger partial charge is 0.306 e. The number of esters is 3. The third kappa shape index (κ3) is 12.2. The van der Waals surface area contributed by atoms with E-state index >= 15 is 0 Å². The number of ether oxygens (including phenoxy) is 3. The van der Waals surface area contributed by atoms with Crippen molar-refractivity contribution in [2.24, 2.45) is 39.4 Å². The fourth-order valence-corrected chi connectivity index (χ4v) is 13.4. The lowest BCUT2D eigenvalue weighted by Crippen LogP contribution is -2.66. The third-order valence-corrected chi connectivity index (χ3v) is 17.1. The van der Waals surface area contributed by atoms with Crippen LogP contribution in [0.25, 0.3) is 0 Å². The average molecular weight is 869 g/mol. The molecule has 0 bridgehead atoms. The predicted octanol–water partition coefficient (Wildman–Crippen LogP) is 13.5. The van der Waals surface area contributed by atoms with Crippen molar-refractivity contribution in [2.75, 3.05) is 0 Å². The van der Waals surface area contributed by atoms with E-state index in [0.29, 0.717) is 31.5 Å². The fourth-order valence-electron chi connectivity index (χ4n) is 13.4. The maximum atomic E-state index is 13.9. The first-order chi connectivity index (χ1) is 29.2. The maximum absolute atomic E-state index is 13.9. The highest BCUT2D eigenvalue weighted by Crippen LogP contribution is 2.74. The van der Waals surface area contributed by atoms with Crippen LogP contribution in [0.3, 0.4) is 0 Å². The third-order valence-electron chi connectivity index (χ3n) is 17.1. The van der Waals surface area contributed by atoms with Gasteiger partial charge in [0.2, 0.25) is 0 Å². The van der Waals surface area contributed by atoms with Crippen LogP contribution in [-0.4, -0.2) is 52.7 Å². The molecule has 8 nitrogen and oxygen atoms in total. The van der Waals surface area contributed by atoms with E-state index in [0.717, 1.165) is 122 Å². The molecule has 0 spiro atoms. The van der Waals surface area contributed by atoms with Crippen molar-refractivity contribution in [3.8, 4) is 0 Å². The summed E-state index contributed by atoms with van der Waals surface area (Å²) in [4.78, 5) is 54.4. The number of unbranched alkanes of at least 4 members (excludes halogenated alkanes) is 12. The van der Waals surface area contributed by atoms with Gasteiger partial charge in [-0.25, -0.2) is 0 Å². The topological polar surface area (TPSA) is 116 Å². The summed E-state index contributed by atoms with van der Waals surface area (Å²) < 4.78 is 19.3. The molecular weight excluding hydrogens is 777 g/mol. The van der Waals surface area contributed by atoms with E-state index in [9.17, 15) is 24.3 Å². The SMILES string of the molecule is CCCCCCCC(=O)O[C@@H](C[C@@H](C)C1=C2C[C@H](OC(=O)CCCCCCC)[C@H]3[C@@]4(C)CCC(=O)C(C)(C)[C@@H]4CC[C@]3(C)[C@@]2(C)CC1)[C@@H](OC(=O)CCCCCCC)C(C)(C)O. The molecule has 0 saturated heterocycles. The molecule has 356 valence electrons. The highest BCUT2D eigenvalue weighted by molar-refractivity contribution is 5.85. The first-order valence-corrected chi connectivity index (χ1v) is 25.8. The number of Topliss-reactive ketones (excluding diaryl/α,β-unsaturated/α-hetero) is 1. The zero-order chi connectivity index (χ0) is 45.9. The van der Waals surface area contributed by atoms with Gasteiger partial charge in [-0.05, 0) is 99.7 Å². The average Bonchev–Trinajstić information content (AvgIpc) is 3.55. The minimum absolute atomic E-state index is 0.0417. The molecule has 4 aliphatic carbocycles. The molecule has 0 heterocycles. The molecule has 0 amide bonds. The number of aliphatic hydroxyl groups is 1. The fraction of sp³-hybridized carbons (Fsp3) is 0.889. The van der Waals surface area contributed by atoms with E-state index in [2.05, 4.69) is 62.3 Å². The van der Waals surface area contributed by atoms with Gasteiger partial charge in [0, 0.05) is 43.4 Å². The maximum Gasteiger partial charge on any atom is 0.306 e. The second-order valence-corrected chi connectivity index (χ2v) is 22.4. The normalized spacial score (nSPS) is 29.5. The van der Waals surface area contributed by atoms with Crippen molar-refractivity contribution < 1.29 is 38.5 Å². The summed E-state index contributed by atoms with van der Waals surface area (Å²) in [6.45, 7) is 23.7. The molecule has 1 N–H and O–H groups in total. The van der Waals surface area contributed by atoms with E-state index in [1.54, 1.807) is 13.8 Å². The van der Waals surface area contributed by atoms with Crippen LogP contribution in [-0.2, 0) is 33.4 Å². The van der Waals surface area contributed by atoms with E-state index in [-0.39, 0.29) is 70.9 Å². The van der Waals surface area contributed by atoms with Crippen molar-refractivity contribution in [2.45, 2.75) is 267 Å². The summed E-state index contributed by atoms with van der Waals surface area (Å²) >= 11 is 0. The molecule has 3 fully saturated rings. The van der Waals surface area contributed by atoms with Gasteiger partial charge in [-0.1, -0.05) is 151 Å². The van der Waals surface area contributed by atoms with Gasteiger partial charge in [0.25, 0.3) is 0 Å². The lowest BCUT2D eigenvalue weighted by atomic mass is 9.36. The van der Waals surface area contributed by atoms with Gasteiger partial charge < -0.3 is 19.3 Å². The molecule has 8 heteroatoms. The Morgan fingerprint density at radius 3 is 1.76 bits per heavy atom. The standard InChI is InChI=1S/C54H92O8/c1-12-15-18-21-24-27-45(56)60-41-37-40-39(30-34-53(40,10)54(11)35-31-43-50(5,6)44(55)32-33-52(43,9)48(41)54)38(4)36-42(61-46(57)28-25-22-19-16-13-2)49(51(7,8)59)62-47(58)29-26-23-20-17-14-3/h38,41-43,48-49,59H,12-37H2,1-11H3/t38-,41+,42+,43+,48+,49-,52+,53+,54+/m1/s1. The van der Waals surface area contributed by atoms with Crippen LogP contribution >= 0.6 is 0 Å². The van der Waals surface area contributed by atoms with Crippen molar-refractivity contribution in [1.82, 2.24) is 0 Å². The molecule has 4 rings (SSSR count). The Hall–Kier alpha value is -2.22. The van der Waals surface area contributed by atoms with Crippen LogP contribution < -0.4 is 0 Å². The molecule has 0 aromatic rings. The summed E-state index contributed by atoms with van der Waals surface area (Å²) in [6.07, 6.45) is 20.5. The highest BCUT2D eigenvalue weighted by atomic mass is 16.6. The number of hydrogen-bond acceptors (Lipinski definition) is 8. The Labute approximate surface area is 378 Å². The Morgan fingerprint density at radius 1 is 0.710 bits per heavy atom. The number of rotatable bonds is 26. The summed E-state index contributed by atoms with van der Waals surface area (Å²) in [5.74, 6) is -0.137. The van der Waals surface area contributed by atoms with Gasteiger partial charge in [-0.15, -0.1) is 0 Å². The van der Waals surface area contributed by atoms with Gasteiger partial charge in [-0.3, -0.25) is 19.2 Å². The molecule has 0 radical (unpaired) electrons. The van der Waals surface area contributed by atoms with Crippen molar-refractivity contribution in [1.29, 1.82) is 0 Å². The largest absolute Gasteiger partial charge is 0.462 e. The second kappa shape index (κ2) is 22.8. The van der Waals surface area contributed by atoms with Crippen LogP contribution in [0.1, 0.15) is 243 Å². The van der Waals surface area contributed by atoms with Gasteiger partial charge in [0.1, 0.15) is 18.0 Å². The molecule has 4 aliphatic rings. The highest BCUT2D eigenvalue weighted by Gasteiger charge is 2.70. The summed E-state index contributed by atoms with van der Waals surface area (Å²) in [5, 5.41) is 11.6. The Morgan fingerprint density at radius 2 is 1.23 bits per heavy atom. The van der Waals surface area contributed by atoms with Crippen LogP contribution in [0.4, 0.5) is 0 Å². The number of hydrogen-bond donors (Lipinski definition) is 1. The van der Waals surface area contributed by atoms with Gasteiger partial charge in [0.05, 0.1) is 5.60 Å². The number of carbonyl (C=O) groups is 4. The van der Waals surface area contributed by atoms with Crippen molar-refractivity contribution >= 4 is 23.7 Å². The Kier molecular flexibility index (Phi) is 19.3. The van der Waals surface area contributed by atoms with E-state index < -0.39 is 23.2 Å². The number of carbonyl (C=O) groups excluding carboxylic acids is 4. The molecule has 9 atom stereocenters. The summed E-state index contributed by atoms with van der Waals surface area (Å²) in [5.41, 5.74) is 0.368. The Balaban J connectivity index is 1.70. The second-order valence-electron chi connectivity index (χ2n) is 22.4. The summed E-state index contributed by atoms with van der Waals surface area (Å²) in [6, 6.07) is 0. The monoisotopic (exact) mass is 869 g/mol. The van der Waals surface area contributed by atoms with Crippen LogP contribution in [0.5, 0.6) is 0 Å². The van der Waals surface area contributed by atoms with E-state index in [1.807, 2.05) is 0 Å². The van der Waals surface area contributed by atoms with Crippen molar-refractivity contribution in [3.05, 3.63) is 11.1 Å². The molecule has 0 aromatic carbocycles. The number of ketones is 1. The molecule has 0 aromatic heterocycles. The van der Waals surface area contributed by atoms with Crippen LogP contribution in [0, 0.1) is 39.4 Å². The molecule has 62 heavy (non-hydrogen) atoms. The van der Waals surface area contributed by atoms with Crippen LogP contribution in [0.15, 0.2) is 11.1 Å². The quantitative estimate of drug-likeness (QED) is 0.0395. The van der Waals surface area contributed by atoms with E-state index in [4.69, 9.17) is 14.2 Å². The molecule has 0 aliphatic heterocycles. The van der Waals surface area contributed by atoms with Crippen molar-refractivity contribution in [3.63, 3.8) is 0 Å². The number of allylic oxidation sites excluding steroid dienone is 1. The first kappa shape index (κ1) is 52.4. The lowest BCUT2D eigenvalue weighted by molar-refractivity contribution is -0.218. The number of fused-ring (bicyclic) bond motifs is 5. The summed E-state index contributed by atoms with van der Waals surface area (Å²) in [7, 11) is 0. The Bertz CT molecular complexity index is 1520. The van der Waals surface area contributed by atoms with Gasteiger partial charge >= 0.3 is 17.9 Å². The molecule has 3 saturated carbocycles. The zero-order valence-corrected chi connectivity index (χ0v) is 41.7. The van der Waals surface area contributed by atoms with Crippen LogP contribution in [0.2, 0.25) is 0 Å². The van der Waals surface area contributed by atoms with Gasteiger partial charge in [0.15, 0.2) is 6.10 Å². The van der Waals surface area contributed by atoms with Gasteiger partial charge in [-0.2, -0.15) is 0 Å².